The first kappa shape index (κ1) is 14.3. The van der Waals surface area contributed by atoms with Crippen LogP contribution in [0, 0.1) is 0 Å². The second kappa shape index (κ2) is 6.85. The molecule has 0 fully saturated rings. The Morgan fingerprint density at radius 1 is 1.15 bits per heavy atom. The van der Waals surface area contributed by atoms with Gasteiger partial charge >= 0.3 is 0 Å². The summed E-state index contributed by atoms with van der Waals surface area (Å²) in [7, 11) is 0. The third kappa shape index (κ3) is 3.67. The number of benzene rings is 1. The molecular formula is C19H21N. The summed E-state index contributed by atoms with van der Waals surface area (Å²) in [5, 5.41) is 0. The summed E-state index contributed by atoms with van der Waals surface area (Å²) in [5.74, 6) is 0. The molecular weight excluding hydrogens is 242 g/mol. The molecule has 1 heteroatoms. The molecule has 1 aromatic rings. The van der Waals surface area contributed by atoms with Crippen molar-refractivity contribution in [2.24, 2.45) is 4.99 Å². The molecule has 0 bridgehead atoms. The Kier molecular flexibility index (Phi) is 4.89. The first-order valence-corrected chi connectivity index (χ1v) is 7.01. The highest BCUT2D eigenvalue weighted by Crippen LogP contribution is 2.27. The number of nitrogens with zero attached hydrogens (tertiary/aromatic N) is 1. The summed E-state index contributed by atoms with van der Waals surface area (Å²) < 4.78 is 0. The van der Waals surface area contributed by atoms with Crippen molar-refractivity contribution in [3.05, 3.63) is 77.4 Å². The molecule has 1 aliphatic carbocycles. The molecule has 0 radical (unpaired) electrons. The van der Waals surface area contributed by atoms with Crippen LogP contribution in [0.2, 0.25) is 0 Å². The Balaban J connectivity index is 2.48. The molecule has 0 aromatic heterocycles. The van der Waals surface area contributed by atoms with Crippen LogP contribution >= 0.6 is 0 Å². The lowest BCUT2D eigenvalue weighted by atomic mass is 9.96. The third-order valence-corrected chi connectivity index (χ3v) is 3.24. The van der Waals surface area contributed by atoms with Crippen LogP contribution in [0.4, 0.5) is 0 Å². The fraction of sp³-hybridized carbons (Fsp3) is 0.211. The van der Waals surface area contributed by atoms with Crippen molar-refractivity contribution in [2.45, 2.75) is 26.7 Å². The summed E-state index contributed by atoms with van der Waals surface area (Å²) in [4.78, 5) is 4.65. The van der Waals surface area contributed by atoms with E-state index in [-0.39, 0.29) is 0 Å². The number of aliphatic imine (C=N–C) groups is 1. The summed E-state index contributed by atoms with van der Waals surface area (Å²) in [5.41, 5.74) is 5.60. The van der Waals surface area contributed by atoms with Crippen LogP contribution in [0.15, 0.2) is 76.9 Å². The Bertz CT molecular complexity index is 598. The van der Waals surface area contributed by atoms with Crippen LogP contribution in [0.1, 0.15) is 32.3 Å². The van der Waals surface area contributed by atoms with Crippen molar-refractivity contribution in [2.75, 3.05) is 0 Å². The predicted molar refractivity (Wildman–Crippen MR) is 88.8 cm³/mol. The summed E-state index contributed by atoms with van der Waals surface area (Å²) in [6.45, 7) is 7.99. The molecule has 0 unspecified atom stereocenters. The van der Waals surface area contributed by atoms with Gasteiger partial charge in [-0.05, 0) is 43.4 Å². The zero-order valence-corrected chi connectivity index (χ0v) is 12.3. The van der Waals surface area contributed by atoms with Crippen molar-refractivity contribution in [1.29, 1.82) is 0 Å². The van der Waals surface area contributed by atoms with E-state index < -0.39 is 0 Å². The SMILES string of the molecule is C=C(C)C=N/C(=C(\C)C1=CCCC=C1)c1ccccc1. The van der Waals surface area contributed by atoms with Gasteiger partial charge in [0.25, 0.3) is 0 Å². The quantitative estimate of drug-likeness (QED) is 0.650. The van der Waals surface area contributed by atoms with Crippen molar-refractivity contribution >= 4 is 11.9 Å². The predicted octanol–water partition coefficient (Wildman–Crippen LogP) is 5.34. The average Bonchev–Trinajstić information content (AvgIpc) is 2.49. The first-order chi connectivity index (χ1) is 9.68. The smallest absolute Gasteiger partial charge is 0.0737 e. The van der Waals surface area contributed by atoms with Crippen LogP contribution in [0.5, 0.6) is 0 Å². The van der Waals surface area contributed by atoms with Crippen molar-refractivity contribution < 1.29 is 0 Å². The van der Waals surface area contributed by atoms with Gasteiger partial charge in [-0.2, -0.15) is 0 Å². The topological polar surface area (TPSA) is 12.4 Å². The van der Waals surface area contributed by atoms with Gasteiger partial charge in [0, 0.05) is 11.8 Å². The van der Waals surface area contributed by atoms with Crippen LogP contribution in [0.3, 0.4) is 0 Å². The summed E-state index contributed by atoms with van der Waals surface area (Å²) in [6, 6.07) is 10.3. The Labute approximate surface area is 121 Å². The van der Waals surface area contributed by atoms with E-state index in [9.17, 15) is 0 Å². The van der Waals surface area contributed by atoms with E-state index in [0.29, 0.717) is 0 Å². The summed E-state index contributed by atoms with van der Waals surface area (Å²) >= 11 is 0. The fourth-order valence-corrected chi connectivity index (χ4v) is 2.19. The van der Waals surface area contributed by atoms with Crippen LogP contribution < -0.4 is 0 Å². The molecule has 0 aliphatic heterocycles. The molecule has 0 atom stereocenters. The molecule has 20 heavy (non-hydrogen) atoms. The van der Waals surface area contributed by atoms with Gasteiger partial charge in [-0.15, -0.1) is 0 Å². The molecule has 1 aromatic carbocycles. The standard InChI is InChI=1S/C19H21N/c1-15(2)14-20-19(18-12-8-5-9-13-18)16(3)17-10-6-4-7-11-17/h5-6,8-14H,1,4,7H2,2-3H3/b19-16+,20-14?. The highest BCUT2D eigenvalue weighted by molar-refractivity contribution is 5.85. The highest BCUT2D eigenvalue weighted by atomic mass is 14.7. The fourth-order valence-electron chi connectivity index (χ4n) is 2.19. The zero-order valence-electron chi connectivity index (χ0n) is 12.3. The highest BCUT2D eigenvalue weighted by Gasteiger charge is 2.08. The van der Waals surface area contributed by atoms with Crippen LogP contribution in [-0.4, -0.2) is 6.21 Å². The number of allylic oxidation sites excluding steroid dienone is 6. The monoisotopic (exact) mass is 263 g/mol. The van der Waals surface area contributed by atoms with Crippen molar-refractivity contribution in [3.8, 4) is 0 Å². The molecule has 0 saturated carbocycles. The largest absolute Gasteiger partial charge is 0.256 e. The lowest BCUT2D eigenvalue weighted by molar-refractivity contribution is 1.02. The van der Waals surface area contributed by atoms with Crippen molar-refractivity contribution in [1.82, 2.24) is 0 Å². The minimum atomic E-state index is 0.958. The van der Waals surface area contributed by atoms with Gasteiger partial charge in [0.1, 0.15) is 0 Å². The van der Waals surface area contributed by atoms with E-state index in [1.807, 2.05) is 31.3 Å². The maximum atomic E-state index is 4.65. The van der Waals surface area contributed by atoms with Crippen LogP contribution in [-0.2, 0) is 0 Å². The molecule has 1 nitrogen and oxygen atoms in total. The molecule has 0 spiro atoms. The van der Waals surface area contributed by atoms with Crippen molar-refractivity contribution in [3.63, 3.8) is 0 Å². The number of hydrogen-bond acceptors (Lipinski definition) is 1. The average molecular weight is 263 g/mol. The Morgan fingerprint density at radius 2 is 1.90 bits per heavy atom. The molecule has 0 amide bonds. The van der Waals surface area contributed by atoms with E-state index in [1.165, 1.54) is 11.1 Å². The lowest BCUT2D eigenvalue weighted by Gasteiger charge is -2.12. The second-order valence-corrected chi connectivity index (χ2v) is 5.08. The zero-order chi connectivity index (χ0) is 14.4. The number of hydrogen-bond donors (Lipinski definition) is 0. The minimum absolute atomic E-state index is 0.958. The molecule has 1 aliphatic rings. The van der Waals surface area contributed by atoms with E-state index in [0.717, 1.165) is 29.7 Å². The molecule has 0 heterocycles. The van der Waals surface area contributed by atoms with Gasteiger partial charge in [-0.3, -0.25) is 4.99 Å². The van der Waals surface area contributed by atoms with Crippen LogP contribution in [0.25, 0.3) is 5.70 Å². The number of rotatable bonds is 4. The maximum absolute atomic E-state index is 4.65. The normalized spacial score (nSPS) is 16.0. The van der Waals surface area contributed by atoms with E-state index in [1.54, 1.807) is 0 Å². The molecule has 2 rings (SSSR count). The van der Waals surface area contributed by atoms with Gasteiger partial charge in [-0.1, -0.05) is 55.1 Å². The Hall–Kier alpha value is -2.15. The van der Waals surface area contributed by atoms with Gasteiger partial charge < -0.3 is 0 Å². The van der Waals surface area contributed by atoms with E-state index >= 15 is 0 Å². The molecule has 102 valence electrons. The van der Waals surface area contributed by atoms with E-state index in [2.05, 4.69) is 48.9 Å². The first-order valence-electron chi connectivity index (χ1n) is 7.01. The summed E-state index contributed by atoms with van der Waals surface area (Å²) in [6.07, 6.45) is 10.8. The van der Waals surface area contributed by atoms with Gasteiger partial charge in [0.2, 0.25) is 0 Å². The Morgan fingerprint density at radius 3 is 2.50 bits per heavy atom. The van der Waals surface area contributed by atoms with Gasteiger partial charge in [-0.25, -0.2) is 0 Å². The van der Waals surface area contributed by atoms with E-state index in [4.69, 9.17) is 0 Å². The minimum Gasteiger partial charge on any atom is -0.256 e. The van der Waals surface area contributed by atoms with Gasteiger partial charge in [0.15, 0.2) is 0 Å². The molecule has 0 N–H and O–H groups in total. The van der Waals surface area contributed by atoms with Gasteiger partial charge in [0.05, 0.1) is 5.70 Å². The maximum Gasteiger partial charge on any atom is 0.0737 e. The second-order valence-electron chi connectivity index (χ2n) is 5.08. The molecule has 0 saturated heterocycles. The lowest BCUT2D eigenvalue weighted by Crippen LogP contribution is -1.93. The third-order valence-electron chi connectivity index (χ3n) is 3.24.